The first-order valence-corrected chi connectivity index (χ1v) is 11.3. The second kappa shape index (κ2) is 12.3. The van der Waals surface area contributed by atoms with Gasteiger partial charge >= 0.3 is 0 Å². The Morgan fingerprint density at radius 3 is 2.39 bits per heavy atom. The SMILES string of the molecule is C[C@H]1CN(CC(=O)N2CCN(Cc3ccc(Cl)c(Cl)c3)C[C@@H]2C(C)(C)C)CCN1.Cl.Cl. The van der Waals surface area contributed by atoms with E-state index in [0.29, 0.717) is 22.6 Å². The van der Waals surface area contributed by atoms with Crippen LogP contribution < -0.4 is 5.32 Å². The topological polar surface area (TPSA) is 38.8 Å². The lowest BCUT2D eigenvalue weighted by Crippen LogP contribution is -2.61. The van der Waals surface area contributed by atoms with Gasteiger partial charge in [0.1, 0.15) is 0 Å². The Kier molecular flexibility index (Phi) is 11.4. The Hall–Kier alpha value is -0.270. The molecule has 5 nitrogen and oxygen atoms in total. The average Bonchev–Trinajstić information content (AvgIpc) is 2.64. The molecule has 0 aromatic heterocycles. The lowest BCUT2D eigenvalue weighted by Gasteiger charge is -2.48. The molecular formula is C22H36Cl4N4O. The number of nitrogens with one attached hydrogen (secondary N) is 1. The molecule has 2 saturated heterocycles. The van der Waals surface area contributed by atoms with Crippen molar-refractivity contribution in [2.45, 2.75) is 46.3 Å². The average molecular weight is 514 g/mol. The van der Waals surface area contributed by atoms with Crippen molar-refractivity contribution >= 4 is 53.9 Å². The van der Waals surface area contributed by atoms with E-state index in [1.165, 1.54) is 0 Å². The van der Waals surface area contributed by atoms with Crippen molar-refractivity contribution in [2.75, 3.05) is 45.8 Å². The number of nitrogens with zero attached hydrogens (tertiary/aromatic N) is 3. The molecule has 1 aromatic rings. The van der Waals surface area contributed by atoms with Crippen LogP contribution in [0.5, 0.6) is 0 Å². The van der Waals surface area contributed by atoms with Gasteiger partial charge in [-0.25, -0.2) is 0 Å². The van der Waals surface area contributed by atoms with Crippen LogP contribution in [0.3, 0.4) is 0 Å². The lowest BCUT2D eigenvalue weighted by molar-refractivity contribution is -0.141. The van der Waals surface area contributed by atoms with Crippen LogP contribution in [-0.2, 0) is 11.3 Å². The van der Waals surface area contributed by atoms with E-state index in [4.69, 9.17) is 23.2 Å². The number of rotatable bonds is 4. The zero-order chi connectivity index (χ0) is 21.2. The Bertz CT molecular complexity index is 728. The van der Waals surface area contributed by atoms with E-state index in [0.717, 1.165) is 51.4 Å². The van der Waals surface area contributed by atoms with Crippen LogP contribution in [0.15, 0.2) is 18.2 Å². The third-order valence-corrected chi connectivity index (χ3v) is 6.73. The second-order valence-electron chi connectivity index (χ2n) is 9.54. The minimum absolute atomic E-state index is 0. The third kappa shape index (κ3) is 7.92. The molecule has 1 N–H and O–H groups in total. The predicted octanol–water partition coefficient (Wildman–Crippen LogP) is 4.19. The highest BCUT2D eigenvalue weighted by Crippen LogP contribution is 2.29. The highest BCUT2D eigenvalue weighted by atomic mass is 35.5. The fraction of sp³-hybridized carbons (Fsp3) is 0.682. The van der Waals surface area contributed by atoms with Crippen LogP contribution >= 0.6 is 48.0 Å². The summed E-state index contributed by atoms with van der Waals surface area (Å²) >= 11 is 12.2. The summed E-state index contributed by atoms with van der Waals surface area (Å²) in [4.78, 5) is 20.0. The number of piperazine rings is 2. The van der Waals surface area contributed by atoms with Gasteiger partial charge in [0.15, 0.2) is 0 Å². The maximum absolute atomic E-state index is 13.2. The van der Waals surface area contributed by atoms with E-state index in [1.807, 2.05) is 18.2 Å². The standard InChI is InChI=1S/C22H34Cl2N4O.2ClH/c1-16-12-26(8-7-25-16)15-21(29)28-10-9-27(14-20(28)22(2,3)4)13-17-5-6-18(23)19(24)11-17;;/h5-6,11,16,20,25H,7-10,12-15H2,1-4H3;2*1H/t16-,20+;;/m0../s1. The lowest BCUT2D eigenvalue weighted by atomic mass is 9.84. The number of benzene rings is 1. The number of halogens is 4. The van der Waals surface area contributed by atoms with Gasteiger partial charge in [0.2, 0.25) is 5.91 Å². The van der Waals surface area contributed by atoms with Gasteiger partial charge in [-0.15, -0.1) is 24.8 Å². The van der Waals surface area contributed by atoms with Crippen molar-refractivity contribution in [1.82, 2.24) is 20.0 Å². The van der Waals surface area contributed by atoms with Gasteiger partial charge in [-0.1, -0.05) is 50.0 Å². The molecule has 0 unspecified atom stereocenters. The van der Waals surface area contributed by atoms with Crippen molar-refractivity contribution in [3.63, 3.8) is 0 Å². The highest BCUT2D eigenvalue weighted by molar-refractivity contribution is 6.42. The van der Waals surface area contributed by atoms with Crippen LogP contribution in [0.1, 0.15) is 33.3 Å². The molecule has 0 saturated carbocycles. The Morgan fingerprint density at radius 2 is 1.77 bits per heavy atom. The summed E-state index contributed by atoms with van der Waals surface area (Å²) in [6.07, 6.45) is 0. The van der Waals surface area contributed by atoms with Gasteiger partial charge in [-0.2, -0.15) is 0 Å². The molecule has 2 aliphatic heterocycles. The molecule has 2 atom stereocenters. The fourth-order valence-electron chi connectivity index (χ4n) is 4.36. The summed E-state index contributed by atoms with van der Waals surface area (Å²) in [7, 11) is 0. The van der Waals surface area contributed by atoms with Crippen LogP contribution in [0, 0.1) is 5.41 Å². The first kappa shape index (κ1) is 28.8. The summed E-state index contributed by atoms with van der Waals surface area (Å²) < 4.78 is 0. The van der Waals surface area contributed by atoms with Crippen molar-refractivity contribution in [3.8, 4) is 0 Å². The number of amides is 1. The molecule has 0 radical (unpaired) electrons. The zero-order valence-corrected chi connectivity index (χ0v) is 22.0. The normalized spacial score (nSPS) is 23.1. The van der Waals surface area contributed by atoms with E-state index in [-0.39, 0.29) is 42.2 Å². The van der Waals surface area contributed by atoms with Gasteiger partial charge in [-0.3, -0.25) is 14.6 Å². The van der Waals surface area contributed by atoms with E-state index >= 15 is 0 Å². The molecule has 3 rings (SSSR count). The van der Waals surface area contributed by atoms with Gasteiger partial charge in [-0.05, 0) is 30.0 Å². The largest absolute Gasteiger partial charge is 0.336 e. The Labute approximate surface area is 209 Å². The van der Waals surface area contributed by atoms with Crippen LogP contribution in [0.25, 0.3) is 0 Å². The van der Waals surface area contributed by atoms with Gasteiger partial charge in [0, 0.05) is 57.9 Å². The highest BCUT2D eigenvalue weighted by Gasteiger charge is 2.38. The van der Waals surface area contributed by atoms with E-state index in [9.17, 15) is 4.79 Å². The van der Waals surface area contributed by atoms with Gasteiger partial charge in [0.05, 0.1) is 16.6 Å². The smallest absolute Gasteiger partial charge is 0.237 e. The third-order valence-electron chi connectivity index (χ3n) is 5.99. The number of hydrogen-bond acceptors (Lipinski definition) is 4. The molecule has 1 amide bonds. The molecule has 0 bridgehead atoms. The predicted molar refractivity (Wildman–Crippen MR) is 135 cm³/mol. The molecule has 31 heavy (non-hydrogen) atoms. The van der Waals surface area contributed by atoms with E-state index < -0.39 is 0 Å². The first-order chi connectivity index (χ1) is 13.6. The van der Waals surface area contributed by atoms with Crippen LogP contribution in [0.2, 0.25) is 10.0 Å². The summed E-state index contributed by atoms with van der Waals surface area (Å²) in [5, 5.41) is 4.62. The maximum atomic E-state index is 13.2. The van der Waals surface area contributed by atoms with Crippen molar-refractivity contribution in [3.05, 3.63) is 33.8 Å². The Morgan fingerprint density at radius 1 is 1.06 bits per heavy atom. The molecule has 0 spiro atoms. The fourth-order valence-corrected chi connectivity index (χ4v) is 4.68. The molecule has 178 valence electrons. The molecule has 2 heterocycles. The number of carbonyl (C=O) groups is 1. The van der Waals surface area contributed by atoms with Crippen molar-refractivity contribution < 1.29 is 4.79 Å². The quantitative estimate of drug-likeness (QED) is 0.655. The minimum Gasteiger partial charge on any atom is -0.336 e. The molecule has 2 fully saturated rings. The van der Waals surface area contributed by atoms with Gasteiger partial charge in [0.25, 0.3) is 0 Å². The van der Waals surface area contributed by atoms with Crippen LogP contribution in [0.4, 0.5) is 0 Å². The van der Waals surface area contributed by atoms with E-state index in [1.54, 1.807) is 0 Å². The summed E-state index contributed by atoms with van der Waals surface area (Å²) in [6, 6.07) is 6.46. The number of carbonyl (C=O) groups excluding carboxylic acids is 1. The van der Waals surface area contributed by atoms with E-state index in [2.05, 4.69) is 47.7 Å². The van der Waals surface area contributed by atoms with Gasteiger partial charge < -0.3 is 10.2 Å². The molecular weight excluding hydrogens is 478 g/mol. The second-order valence-corrected chi connectivity index (χ2v) is 10.4. The van der Waals surface area contributed by atoms with Crippen LogP contribution in [-0.4, -0.2) is 78.5 Å². The minimum atomic E-state index is 0. The summed E-state index contributed by atoms with van der Waals surface area (Å²) in [6.45, 7) is 15.5. The molecule has 2 aliphatic rings. The monoisotopic (exact) mass is 512 g/mol. The molecule has 9 heteroatoms. The maximum Gasteiger partial charge on any atom is 0.237 e. The molecule has 0 aliphatic carbocycles. The van der Waals surface area contributed by atoms with Crippen molar-refractivity contribution in [2.24, 2.45) is 5.41 Å². The Balaban J connectivity index is 0.00000240. The van der Waals surface area contributed by atoms with Crippen molar-refractivity contribution in [1.29, 1.82) is 0 Å². The summed E-state index contributed by atoms with van der Waals surface area (Å²) in [5.41, 5.74) is 1.17. The first-order valence-electron chi connectivity index (χ1n) is 10.5. The molecule has 1 aromatic carbocycles. The zero-order valence-electron chi connectivity index (χ0n) is 18.9. The summed E-state index contributed by atoms with van der Waals surface area (Å²) in [5.74, 6) is 0.258. The number of hydrogen-bond donors (Lipinski definition) is 1.